The van der Waals surface area contributed by atoms with Crippen molar-refractivity contribution in [2.24, 2.45) is 0 Å². The van der Waals surface area contributed by atoms with Crippen LogP contribution < -0.4 is 10.5 Å². The molecule has 0 saturated heterocycles. The predicted molar refractivity (Wildman–Crippen MR) is 80.9 cm³/mol. The summed E-state index contributed by atoms with van der Waals surface area (Å²) in [5.74, 6) is 1.69. The molecular formula is C14H15ClN2OS. The Morgan fingerprint density at radius 3 is 2.79 bits per heavy atom. The van der Waals surface area contributed by atoms with Gasteiger partial charge in [-0.2, -0.15) is 0 Å². The highest BCUT2D eigenvalue weighted by Crippen LogP contribution is 2.21. The number of nitrogens with zero attached hydrogens (tertiary/aromatic N) is 1. The van der Waals surface area contributed by atoms with Gasteiger partial charge in [0.15, 0.2) is 0 Å². The van der Waals surface area contributed by atoms with Crippen LogP contribution in [0.3, 0.4) is 0 Å². The zero-order valence-electron chi connectivity index (χ0n) is 10.4. The molecule has 0 bridgehead atoms. The lowest BCUT2D eigenvalue weighted by Gasteiger charge is -2.08. The SMILES string of the molecule is Nc1ccccc1OCCCSc1ccc(Cl)cn1. The van der Waals surface area contributed by atoms with Crippen molar-refractivity contribution < 1.29 is 4.74 Å². The van der Waals surface area contributed by atoms with Crippen LogP contribution in [0.4, 0.5) is 5.69 Å². The Kier molecular flexibility index (Phi) is 5.36. The standard InChI is InChI=1S/C14H15ClN2OS/c15-11-6-7-14(17-10-11)19-9-3-8-18-13-5-2-1-4-12(13)16/h1-2,4-7,10H,3,8-9,16H2. The van der Waals surface area contributed by atoms with Gasteiger partial charge in [-0.25, -0.2) is 4.98 Å². The largest absolute Gasteiger partial charge is 0.491 e. The van der Waals surface area contributed by atoms with E-state index in [4.69, 9.17) is 22.1 Å². The van der Waals surface area contributed by atoms with Gasteiger partial charge in [-0.15, -0.1) is 11.8 Å². The van der Waals surface area contributed by atoms with Crippen molar-refractivity contribution >= 4 is 29.1 Å². The monoisotopic (exact) mass is 294 g/mol. The molecule has 1 aromatic heterocycles. The normalized spacial score (nSPS) is 10.4. The molecule has 0 saturated carbocycles. The summed E-state index contributed by atoms with van der Waals surface area (Å²) in [6.45, 7) is 0.648. The number of halogens is 1. The molecule has 0 spiro atoms. The van der Waals surface area contributed by atoms with Crippen LogP contribution in [0.2, 0.25) is 5.02 Å². The van der Waals surface area contributed by atoms with Gasteiger partial charge in [-0.3, -0.25) is 0 Å². The van der Waals surface area contributed by atoms with E-state index in [0.717, 1.165) is 22.9 Å². The van der Waals surface area contributed by atoms with Crippen molar-refractivity contribution in [3.05, 3.63) is 47.6 Å². The molecule has 0 aliphatic carbocycles. The van der Waals surface area contributed by atoms with Gasteiger partial charge in [0.2, 0.25) is 0 Å². The number of rotatable bonds is 6. The second-order valence-electron chi connectivity index (χ2n) is 3.90. The summed E-state index contributed by atoms with van der Waals surface area (Å²) in [6, 6.07) is 11.3. The Hall–Kier alpha value is -1.39. The number of thioether (sulfide) groups is 1. The number of aromatic nitrogens is 1. The number of anilines is 1. The maximum Gasteiger partial charge on any atom is 0.142 e. The number of benzene rings is 1. The first-order chi connectivity index (χ1) is 9.25. The molecule has 5 heteroatoms. The van der Waals surface area contributed by atoms with Crippen molar-refractivity contribution in [3.8, 4) is 5.75 Å². The van der Waals surface area contributed by atoms with Crippen molar-refractivity contribution in [2.75, 3.05) is 18.1 Å². The van der Waals surface area contributed by atoms with E-state index in [1.54, 1.807) is 18.0 Å². The second-order valence-corrected chi connectivity index (χ2v) is 5.45. The quantitative estimate of drug-likeness (QED) is 0.499. The van der Waals surface area contributed by atoms with E-state index in [2.05, 4.69) is 4.98 Å². The topological polar surface area (TPSA) is 48.1 Å². The van der Waals surface area contributed by atoms with Crippen molar-refractivity contribution in [3.63, 3.8) is 0 Å². The van der Waals surface area contributed by atoms with Crippen molar-refractivity contribution in [1.29, 1.82) is 0 Å². The van der Waals surface area contributed by atoms with E-state index in [0.29, 0.717) is 17.3 Å². The minimum Gasteiger partial charge on any atom is -0.491 e. The summed E-state index contributed by atoms with van der Waals surface area (Å²) in [5, 5.41) is 1.64. The lowest BCUT2D eigenvalue weighted by atomic mass is 10.3. The third kappa shape index (κ3) is 4.65. The highest BCUT2D eigenvalue weighted by molar-refractivity contribution is 7.99. The zero-order chi connectivity index (χ0) is 13.5. The minimum absolute atomic E-state index is 0.648. The summed E-state index contributed by atoms with van der Waals surface area (Å²) in [5.41, 5.74) is 6.46. The van der Waals surface area contributed by atoms with Crippen molar-refractivity contribution in [2.45, 2.75) is 11.4 Å². The van der Waals surface area contributed by atoms with Gasteiger partial charge in [-0.05, 0) is 30.7 Å². The molecule has 2 rings (SSSR count). The average molecular weight is 295 g/mol. The number of hydrogen-bond donors (Lipinski definition) is 1. The molecule has 0 aliphatic heterocycles. The van der Waals surface area contributed by atoms with Gasteiger partial charge in [0, 0.05) is 11.9 Å². The van der Waals surface area contributed by atoms with Gasteiger partial charge in [0.05, 0.1) is 22.3 Å². The molecule has 0 amide bonds. The molecule has 0 atom stereocenters. The molecule has 2 aromatic rings. The first-order valence-electron chi connectivity index (χ1n) is 5.97. The molecule has 1 aromatic carbocycles. The van der Waals surface area contributed by atoms with Gasteiger partial charge >= 0.3 is 0 Å². The predicted octanol–water partition coefficient (Wildman–Crippen LogP) is 3.88. The fourth-order valence-electron chi connectivity index (χ4n) is 1.48. The smallest absolute Gasteiger partial charge is 0.142 e. The van der Waals surface area contributed by atoms with Crippen molar-refractivity contribution in [1.82, 2.24) is 4.98 Å². The third-order valence-corrected chi connectivity index (χ3v) is 3.67. The van der Waals surface area contributed by atoms with Gasteiger partial charge < -0.3 is 10.5 Å². The molecule has 0 fully saturated rings. The summed E-state index contributed by atoms with van der Waals surface area (Å²) in [7, 11) is 0. The molecule has 0 unspecified atom stereocenters. The Balaban J connectivity index is 1.67. The first kappa shape index (κ1) is 14.0. The van der Waals surface area contributed by atoms with Crippen LogP contribution in [-0.2, 0) is 0 Å². The van der Waals surface area contributed by atoms with Gasteiger partial charge in [-0.1, -0.05) is 23.7 Å². The third-order valence-electron chi connectivity index (χ3n) is 2.42. The van der Waals surface area contributed by atoms with Crippen LogP contribution in [0.5, 0.6) is 5.75 Å². The van der Waals surface area contributed by atoms with E-state index >= 15 is 0 Å². The summed E-state index contributed by atoms with van der Waals surface area (Å²) in [4.78, 5) is 4.22. The molecule has 2 N–H and O–H groups in total. The number of nitrogens with two attached hydrogens (primary N) is 1. The lowest BCUT2D eigenvalue weighted by Crippen LogP contribution is -2.01. The molecule has 0 aliphatic rings. The molecule has 1 heterocycles. The molecule has 19 heavy (non-hydrogen) atoms. The number of pyridine rings is 1. The number of nitrogen functional groups attached to an aromatic ring is 1. The Morgan fingerprint density at radius 2 is 2.05 bits per heavy atom. The van der Waals surface area contributed by atoms with E-state index in [9.17, 15) is 0 Å². The molecule has 100 valence electrons. The maximum atomic E-state index is 5.79. The molecule has 3 nitrogen and oxygen atoms in total. The number of hydrogen-bond acceptors (Lipinski definition) is 4. The van der Waals surface area contributed by atoms with Crippen LogP contribution in [0.25, 0.3) is 0 Å². The minimum atomic E-state index is 0.648. The molecule has 0 radical (unpaired) electrons. The highest BCUT2D eigenvalue weighted by atomic mass is 35.5. The van der Waals surface area contributed by atoms with E-state index < -0.39 is 0 Å². The Morgan fingerprint density at radius 1 is 1.21 bits per heavy atom. The van der Waals surface area contributed by atoms with Gasteiger partial charge in [0.25, 0.3) is 0 Å². The highest BCUT2D eigenvalue weighted by Gasteiger charge is 1.99. The van der Waals surface area contributed by atoms with Gasteiger partial charge in [0.1, 0.15) is 5.75 Å². The second kappa shape index (κ2) is 7.26. The van der Waals surface area contributed by atoms with Crippen LogP contribution in [-0.4, -0.2) is 17.3 Å². The van der Waals surface area contributed by atoms with Crippen LogP contribution >= 0.6 is 23.4 Å². The lowest BCUT2D eigenvalue weighted by molar-refractivity contribution is 0.320. The average Bonchev–Trinajstić information content (AvgIpc) is 2.42. The number of ether oxygens (including phenoxy) is 1. The summed E-state index contributed by atoms with van der Waals surface area (Å²) < 4.78 is 5.61. The Labute approximate surface area is 122 Å². The number of para-hydroxylation sites is 2. The first-order valence-corrected chi connectivity index (χ1v) is 7.34. The Bertz CT molecular complexity index is 519. The van der Waals surface area contributed by atoms with E-state index in [1.165, 1.54) is 0 Å². The van der Waals surface area contributed by atoms with E-state index in [1.807, 2.05) is 36.4 Å². The van der Waals surface area contributed by atoms with Crippen LogP contribution in [0, 0.1) is 0 Å². The summed E-state index contributed by atoms with van der Waals surface area (Å²) >= 11 is 7.46. The maximum absolute atomic E-state index is 5.79. The zero-order valence-corrected chi connectivity index (χ0v) is 12.0. The fraction of sp³-hybridized carbons (Fsp3) is 0.214. The summed E-state index contributed by atoms with van der Waals surface area (Å²) in [6.07, 6.45) is 2.59. The van der Waals surface area contributed by atoms with E-state index in [-0.39, 0.29) is 0 Å². The van der Waals surface area contributed by atoms with Crippen LogP contribution in [0.15, 0.2) is 47.6 Å². The van der Waals surface area contributed by atoms with Crippen LogP contribution in [0.1, 0.15) is 6.42 Å². The molecular weight excluding hydrogens is 280 g/mol. The fourth-order valence-corrected chi connectivity index (χ4v) is 2.35.